The number of hydrogen-bond donors (Lipinski definition) is 1. The number of halogens is 1. The Morgan fingerprint density at radius 3 is 2.77 bits per heavy atom. The fourth-order valence-electron chi connectivity index (χ4n) is 2.46. The summed E-state index contributed by atoms with van der Waals surface area (Å²) in [7, 11) is -3.79. The molecule has 0 saturated heterocycles. The number of nitrogens with one attached hydrogen (secondary N) is 1. The van der Waals surface area contributed by atoms with Crippen molar-refractivity contribution < 1.29 is 17.5 Å². The molecule has 1 N–H and O–H groups in total. The van der Waals surface area contributed by atoms with Gasteiger partial charge in [-0.3, -0.25) is 0 Å². The standard InChI is InChI=1S/C16H16FNO3S/c1-11-6-7-12(10-14(11)17)22(19,20)18-15-8-9-21-16-5-3-2-4-13(15)16/h2-7,10,15,18H,8-9H2,1H3/t15-/m0/s1. The zero-order valence-corrected chi connectivity index (χ0v) is 12.9. The second-order valence-corrected chi connectivity index (χ2v) is 6.97. The smallest absolute Gasteiger partial charge is 0.241 e. The largest absolute Gasteiger partial charge is 0.493 e. The fourth-order valence-corrected chi connectivity index (χ4v) is 3.72. The number of para-hydroxylation sites is 1. The number of hydrogen-bond acceptors (Lipinski definition) is 3. The SMILES string of the molecule is Cc1ccc(S(=O)(=O)N[C@H]2CCOc3ccccc32)cc1F. The van der Waals surface area contributed by atoms with Crippen LogP contribution in [0.5, 0.6) is 5.75 Å². The summed E-state index contributed by atoms with van der Waals surface area (Å²) in [5.74, 6) is 0.145. The van der Waals surface area contributed by atoms with E-state index in [4.69, 9.17) is 4.74 Å². The lowest BCUT2D eigenvalue weighted by Gasteiger charge is -2.26. The van der Waals surface area contributed by atoms with Crippen LogP contribution in [-0.4, -0.2) is 15.0 Å². The molecule has 4 nitrogen and oxygen atoms in total. The Hall–Kier alpha value is -1.92. The van der Waals surface area contributed by atoms with Gasteiger partial charge in [0.1, 0.15) is 11.6 Å². The van der Waals surface area contributed by atoms with Gasteiger partial charge in [-0.05, 0) is 30.7 Å². The predicted molar refractivity (Wildman–Crippen MR) is 80.8 cm³/mol. The van der Waals surface area contributed by atoms with Crippen molar-refractivity contribution >= 4 is 10.0 Å². The van der Waals surface area contributed by atoms with Gasteiger partial charge in [0.05, 0.1) is 17.5 Å². The highest BCUT2D eigenvalue weighted by Gasteiger charge is 2.26. The van der Waals surface area contributed by atoms with E-state index in [9.17, 15) is 12.8 Å². The first-order valence-electron chi connectivity index (χ1n) is 6.97. The van der Waals surface area contributed by atoms with Gasteiger partial charge in [-0.2, -0.15) is 0 Å². The summed E-state index contributed by atoms with van der Waals surface area (Å²) in [6.07, 6.45) is 0.532. The topological polar surface area (TPSA) is 55.4 Å². The minimum Gasteiger partial charge on any atom is -0.493 e. The molecule has 1 aliphatic heterocycles. The molecule has 0 spiro atoms. The third kappa shape index (κ3) is 2.84. The van der Waals surface area contributed by atoms with E-state index in [0.29, 0.717) is 24.3 Å². The summed E-state index contributed by atoms with van der Waals surface area (Å²) >= 11 is 0. The number of benzene rings is 2. The van der Waals surface area contributed by atoms with Gasteiger partial charge in [-0.25, -0.2) is 17.5 Å². The highest BCUT2D eigenvalue weighted by Crippen LogP contribution is 2.32. The van der Waals surface area contributed by atoms with Gasteiger partial charge < -0.3 is 4.74 Å². The fraction of sp³-hybridized carbons (Fsp3) is 0.250. The highest BCUT2D eigenvalue weighted by atomic mass is 32.2. The average molecular weight is 321 g/mol. The van der Waals surface area contributed by atoms with Crippen molar-refractivity contribution in [3.8, 4) is 5.75 Å². The number of aryl methyl sites for hydroxylation is 1. The van der Waals surface area contributed by atoms with E-state index in [0.717, 1.165) is 11.6 Å². The minimum absolute atomic E-state index is 0.0698. The van der Waals surface area contributed by atoms with E-state index in [1.807, 2.05) is 18.2 Å². The lowest BCUT2D eigenvalue weighted by molar-refractivity contribution is 0.263. The van der Waals surface area contributed by atoms with E-state index in [2.05, 4.69) is 4.72 Å². The van der Waals surface area contributed by atoms with E-state index in [-0.39, 0.29) is 10.9 Å². The van der Waals surface area contributed by atoms with Crippen molar-refractivity contribution in [2.45, 2.75) is 24.3 Å². The maximum absolute atomic E-state index is 13.6. The summed E-state index contributed by atoms with van der Waals surface area (Å²) in [6.45, 7) is 2.03. The number of fused-ring (bicyclic) bond motifs is 1. The number of sulfonamides is 1. The molecule has 6 heteroatoms. The van der Waals surface area contributed by atoms with Gasteiger partial charge in [0.25, 0.3) is 0 Å². The monoisotopic (exact) mass is 321 g/mol. The second-order valence-electron chi connectivity index (χ2n) is 5.26. The van der Waals surface area contributed by atoms with Crippen molar-refractivity contribution in [2.24, 2.45) is 0 Å². The predicted octanol–water partition coefficient (Wildman–Crippen LogP) is 2.94. The molecule has 0 radical (unpaired) electrons. The molecular formula is C16H16FNO3S. The summed E-state index contributed by atoms with van der Waals surface area (Å²) in [5, 5.41) is 0. The molecule has 22 heavy (non-hydrogen) atoms. The first-order chi connectivity index (χ1) is 10.5. The number of rotatable bonds is 3. The van der Waals surface area contributed by atoms with E-state index >= 15 is 0 Å². The van der Waals surface area contributed by atoms with Crippen LogP contribution in [0.4, 0.5) is 4.39 Å². The summed E-state index contributed by atoms with van der Waals surface area (Å²) in [5.41, 5.74) is 1.21. The summed E-state index contributed by atoms with van der Waals surface area (Å²) < 4.78 is 46.7. The normalized spacial score (nSPS) is 17.6. The molecule has 2 aromatic rings. The van der Waals surface area contributed by atoms with Crippen molar-refractivity contribution in [1.82, 2.24) is 4.72 Å². The molecule has 0 bridgehead atoms. The summed E-state index contributed by atoms with van der Waals surface area (Å²) in [6, 6.07) is 10.8. The van der Waals surface area contributed by atoms with Crippen LogP contribution in [0.15, 0.2) is 47.4 Å². The Morgan fingerprint density at radius 1 is 1.23 bits per heavy atom. The van der Waals surface area contributed by atoms with Crippen molar-refractivity contribution in [1.29, 1.82) is 0 Å². The molecule has 0 unspecified atom stereocenters. The van der Waals surface area contributed by atoms with Crippen LogP contribution in [0, 0.1) is 12.7 Å². The van der Waals surface area contributed by atoms with Gasteiger partial charge in [0.15, 0.2) is 0 Å². The zero-order chi connectivity index (χ0) is 15.7. The van der Waals surface area contributed by atoms with Gasteiger partial charge in [-0.15, -0.1) is 0 Å². The van der Waals surface area contributed by atoms with E-state index in [1.165, 1.54) is 12.1 Å². The van der Waals surface area contributed by atoms with Crippen LogP contribution in [0.25, 0.3) is 0 Å². The van der Waals surface area contributed by atoms with Gasteiger partial charge in [-0.1, -0.05) is 24.3 Å². The number of ether oxygens (including phenoxy) is 1. The van der Waals surface area contributed by atoms with Gasteiger partial charge >= 0.3 is 0 Å². The molecule has 1 aliphatic rings. The molecular weight excluding hydrogens is 305 g/mol. The molecule has 2 aromatic carbocycles. The Morgan fingerprint density at radius 2 is 2.00 bits per heavy atom. The molecule has 1 heterocycles. The van der Waals surface area contributed by atoms with Crippen LogP contribution in [0.2, 0.25) is 0 Å². The second kappa shape index (κ2) is 5.70. The Bertz CT molecular complexity index is 805. The van der Waals surface area contributed by atoms with Crippen molar-refractivity contribution in [2.75, 3.05) is 6.61 Å². The maximum Gasteiger partial charge on any atom is 0.241 e. The quantitative estimate of drug-likeness (QED) is 0.945. The molecule has 0 saturated carbocycles. The third-order valence-electron chi connectivity index (χ3n) is 3.71. The van der Waals surface area contributed by atoms with Gasteiger partial charge in [0.2, 0.25) is 10.0 Å². The van der Waals surface area contributed by atoms with Crippen molar-refractivity contribution in [3.05, 3.63) is 59.4 Å². The van der Waals surface area contributed by atoms with E-state index in [1.54, 1.807) is 13.0 Å². The Labute approximate surface area is 129 Å². The minimum atomic E-state index is -3.79. The molecule has 3 rings (SSSR count). The molecule has 1 atom stereocenters. The lowest BCUT2D eigenvalue weighted by atomic mass is 10.0. The molecule has 0 aromatic heterocycles. The Kier molecular flexibility index (Phi) is 3.88. The lowest BCUT2D eigenvalue weighted by Crippen LogP contribution is -2.32. The van der Waals surface area contributed by atoms with Gasteiger partial charge in [0, 0.05) is 12.0 Å². The average Bonchev–Trinajstić information content (AvgIpc) is 2.50. The summed E-state index contributed by atoms with van der Waals surface area (Å²) in [4.78, 5) is -0.0698. The molecule has 0 fully saturated rings. The van der Waals surface area contributed by atoms with Crippen LogP contribution in [0.1, 0.15) is 23.6 Å². The first-order valence-corrected chi connectivity index (χ1v) is 8.46. The van der Waals surface area contributed by atoms with Crippen LogP contribution >= 0.6 is 0 Å². The first kappa shape index (κ1) is 15.0. The third-order valence-corrected chi connectivity index (χ3v) is 5.18. The van der Waals surface area contributed by atoms with Crippen molar-refractivity contribution in [3.63, 3.8) is 0 Å². The molecule has 116 valence electrons. The van der Waals surface area contributed by atoms with E-state index < -0.39 is 15.8 Å². The zero-order valence-electron chi connectivity index (χ0n) is 12.0. The molecule has 0 aliphatic carbocycles. The maximum atomic E-state index is 13.6. The molecule has 0 amide bonds. The highest BCUT2D eigenvalue weighted by molar-refractivity contribution is 7.89. The van der Waals surface area contributed by atoms with Crippen LogP contribution in [-0.2, 0) is 10.0 Å². The van der Waals surface area contributed by atoms with Crippen LogP contribution in [0.3, 0.4) is 0 Å². The van der Waals surface area contributed by atoms with Crippen LogP contribution < -0.4 is 9.46 Å². The Balaban J connectivity index is 1.91.